The Morgan fingerprint density at radius 1 is 1.00 bits per heavy atom. The molecule has 5 heteroatoms. The highest BCUT2D eigenvalue weighted by atomic mass is 35.5. The predicted molar refractivity (Wildman–Crippen MR) is 104 cm³/mol. The van der Waals surface area contributed by atoms with Gasteiger partial charge < -0.3 is 10.2 Å². The Balaban J connectivity index is 0.00000192. The van der Waals surface area contributed by atoms with E-state index in [-0.39, 0.29) is 12.4 Å². The summed E-state index contributed by atoms with van der Waals surface area (Å²) in [4.78, 5) is 5.00. The lowest BCUT2D eigenvalue weighted by Gasteiger charge is -2.31. The van der Waals surface area contributed by atoms with Gasteiger partial charge in [-0.05, 0) is 43.2 Å². The lowest BCUT2D eigenvalue weighted by atomic mass is 10.1. The van der Waals surface area contributed by atoms with Gasteiger partial charge in [0.05, 0.1) is 5.69 Å². The van der Waals surface area contributed by atoms with E-state index < -0.39 is 0 Å². The fourth-order valence-electron chi connectivity index (χ4n) is 2.74. The van der Waals surface area contributed by atoms with Crippen LogP contribution >= 0.6 is 35.8 Å². The van der Waals surface area contributed by atoms with Gasteiger partial charge in [0.2, 0.25) is 0 Å². The second-order valence-electron chi connectivity index (χ2n) is 5.63. The molecule has 2 nitrogen and oxygen atoms in total. The third-order valence-electron chi connectivity index (χ3n) is 4.07. The number of piperazine rings is 1. The Labute approximate surface area is 154 Å². The maximum Gasteiger partial charge on any atom is 0.0508 e. The minimum atomic E-state index is 0. The van der Waals surface area contributed by atoms with E-state index in [4.69, 9.17) is 11.6 Å². The second kappa shape index (κ2) is 8.29. The normalized spacial score (nSPS) is 14.5. The first-order chi connectivity index (χ1) is 10.7. The zero-order valence-corrected chi connectivity index (χ0v) is 15.8. The zero-order valence-electron chi connectivity index (χ0n) is 13.4. The smallest absolute Gasteiger partial charge is 0.0508 e. The third-order valence-corrected chi connectivity index (χ3v) is 5.88. The number of rotatable bonds is 3. The van der Waals surface area contributed by atoms with Gasteiger partial charge in [-0.2, -0.15) is 0 Å². The van der Waals surface area contributed by atoms with Gasteiger partial charge in [0, 0.05) is 41.0 Å². The van der Waals surface area contributed by atoms with E-state index in [1.807, 2.05) is 11.8 Å². The molecule has 23 heavy (non-hydrogen) atoms. The first-order valence-corrected chi connectivity index (χ1v) is 8.84. The van der Waals surface area contributed by atoms with Crippen molar-refractivity contribution < 1.29 is 0 Å². The van der Waals surface area contributed by atoms with Crippen molar-refractivity contribution in [3.8, 4) is 0 Å². The minimum absolute atomic E-state index is 0. The van der Waals surface area contributed by atoms with Crippen molar-refractivity contribution >= 4 is 41.5 Å². The van der Waals surface area contributed by atoms with Crippen LogP contribution < -0.4 is 10.2 Å². The number of aryl methyl sites for hydroxylation is 1. The highest BCUT2D eigenvalue weighted by molar-refractivity contribution is 7.99. The molecule has 1 aliphatic rings. The number of para-hydroxylation sites is 1. The van der Waals surface area contributed by atoms with Crippen LogP contribution in [-0.4, -0.2) is 26.2 Å². The Morgan fingerprint density at radius 2 is 1.70 bits per heavy atom. The molecular formula is C18H22Cl2N2S. The van der Waals surface area contributed by atoms with E-state index in [1.54, 1.807) is 0 Å². The van der Waals surface area contributed by atoms with Gasteiger partial charge in [-0.15, -0.1) is 12.4 Å². The number of hydrogen-bond acceptors (Lipinski definition) is 3. The average molecular weight is 369 g/mol. The van der Waals surface area contributed by atoms with Gasteiger partial charge in [-0.25, -0.2) is 0 Å². The zero-order chi connectivity index (χ0) is 15.5. The van der Waals surface area contributed by atoms with Crippen LogP contribution in [0.4, 0.5) is 5.69 Å². The van der Waals surface area contributed by atoms with Crippen LogP contribution in [0.3, 0.4) is 0 Å². The summed E-state index contributed by atoms with van der Waals surface area (Å²) in [6, 6.07) is 12.9. The summed E-state index contributed by atoms with van der Waals surface area (Å²) in [5.41, 5.74) is 3.63. The highest BCUT2D eigenvalue weighted by Gasteiger charge is 2.15. The molecule has 2 aromatic carbocycles. The molecule has 0 amide bonds. The molecule has 0 saturated carbocycles. The number of halogens is 2. The molecule has 1 aliphatic heterocycles. The lowest BCUT2D eigenvalue weighted by molar-refractivity contribution is 0.587. The minimum Gasteiger partial charge on any atom is -0.368 e. The molecule has 3 rings (SSSR count). The van der Waals surface area contributed by atoms with Crippen molar-refractivity contribution in [1.29, 1.82) is 0 Å². The number of nitrogens with zero attached hydrogens (tertiary/aromatic N) is 1. The van der Waals surface area contributed by atoms with Crippen LogP contribution in [-0.2, 0) is 0 Å². The predicted octanol–water partition coefficient (Wildman–Crippen LogP) is 4.94. The number of hydrogen-bond donors (Lipinski definition) is 1. The molecule has 0 atom stereocenters. The average Bonchev–Trinajstić information content (AvgIpc) is 2.57. The second-order valence-corrected chi connectivity index (χ2v) is 7.09. The molecule has 0 aliphatic carbocycles. The number of anilines is 1. The highest BCUT2D eigenvalue weighted by Crippen LogP contribution is 2.39. The fraction of sp³-hybridized carbons (Fsp3) is 0.333. The molecule has 0 bridgehead atoms. The third kappa shape index (κ3) is 4.16. The summed E-state index contributed by atoms with van der Waals surface area (Å²) < 4.78 is 0. The number of benzene rings is 2. The largest absolute Gasteiger partial charge is 0.368 e. The van der Waals surface area contributed by atoms with Crippen molar-refractivity contribution in [3.05, 3.63) is 52.5 Å². The van der Waals surface area contributed by atoms with Crippen molar-refractivity contribution in [2.75, 3.05) is 31.1 Å². The van der Waals surface area contributed by atoms with Gasteiger partial charge in [-0.3, -0.25) is 0 Å². The lowest BCUT2D eigenvalue weighted by Crippen LogP contribution is -2.43. The maximum atomic E-state index is 6.41. The molecule has 0 spiro atoms. The summed E-state index contributed by atoms with van der Waals surface area (Å²) in [6.07, 6.45) is 0. The number of nitrogens with one attached hydrogen (secondary N) is 1. The van der Waals surface area contributed by atoms with Crippen LogP contribution in [0.5, 0.6) is 0 Å². The van der Waals surface area contributed by atoms with Crippen LogP contribution in [0.1, 0.15) is 11.1 Å². The Hall–Kier alpha value is -0.870. The SMILES string of the molecule is Cc1ccc(Sc2ccccc2N2CCNCC2)c(C)c1Cl.Cl. The van der Waals surface area contributed by atoms with E-state index in [9.17, 15) is 0 Å². The van der Waals surface area contributed by atoms with Gasteiger partial charge >= 0.3 is 0 Å². The van der Waals surface area contributed by atoms with Crippen molar-refractivity contribution in [2.24, 2.45) is 0 Å². The van der Waals surface area contributed by atoms with E-state index in [1.165, 1.54) is 21.0 Å². The molecule has 1 heterocycles. The van der Waals surface area contributed by atoms with Gasteiger partial charge in [0.25, 0.3) is 0 Å². The van der Waals surface area contributed by atoms with Crippen molar-refractivity contribution in [3.63, 3.8) is 0 Å². The molecular weight excluding hydrogens is 347 g/mol. The Morgan fingerprint density at radius 3 is 2.43 bits per heavy atom. The molecule has 124 valence electrons. The van der Waals surface area contributed by atoms with Crippen LogP contribution in [0.25, 0.3) is 0 Å². The molecule has 0 radical (unpaired) electrons. The fourth-order valence-corrected chi connectivity index (χ4v) is 4.04. The Kier molecular flexibility index (Phi) is 6.66. The van der Waals surface area contributed by atoms with E-state index in [2.05, 4.69) is 60.5 Å². The topological polar surface area (TPSA) is 15.3 Å². The van der Waals surface area contributed by atoms with Crippen molar-refractivity contribution in [2.45, 2.75) is 23.6 Å². The molecule has 0 aromatic heterocycles. The van der Waals surface area contributed by atoms with E-state index >= 15 is 0 Å². The van der Waals surface area contributed by atoms with E-state index in [0.717, 1.165) is 36.8 Å². The van der Waals surface area contributed by atoms with Crippen LogP contribution in [0.2, 0.25) is 5.02 Å². The van der Waals surface area contributed by atoms with Crippen molar-refractivity contribution in [1.82, 2.24) is 5.32 Å². The molecule has 1 N–H and O–H groups in total. The molecule has 0 unspecified atom stereocenters. The molecule has 2 aromatic rings. The summed E-state index contributed by atoms with van der Waals surface area (Å²) in [5, 5.41) is 4.29. The first-order valence-electron chi connectivity index (χ1n) is 7.65. The van der Waals surface area contributed by atoms with Gasteiger partial charge in [-0.1, -0.05) is 41.6 Å². The van der Waals surface area contributed by atoms with Crippen LogP contribution in [0, 0.1) is 13.8 Å². The monoisotopic (exact) mass is 368 g/mol. The molecule has 1 fully saturated rings. The quantitative estimate of drug-likeness (QED) is 0.825. The standard InChI is InChI=1S/C18H21ClN2S.ClH/c1-13-7-8-16(14(2)18(13)19)22-17-6-4-3-5-15(17)21-11-9-20-10-12-21;/h3-8,20H,9-12H2,1-2H3;1H. The summed E-state index contributed by atoms with van der Waals surface area (Å²) in [7, 11) is 0. The van der Waals surface area contributed by atoms with Crippen LogP contribution in [0.15, 0.2) is 46.2 Å². The maximum absolute atomic E-state index is 6.41. The summed E-state index contributed by atoms with van der Waals surface area (Å²) >= 11 is 8.22. The summed E-state index contributed by atoms with van der Waals surface area (Å²) in [5.74, 6) is 0. The molecule has 1 saturated heterocycles. The Bertz CT molecular complexity index is 670. The van der Waals surface area contributed by atoms with Gasteiger partial charge in [0.15, 0.2) is 0 Å². The van der Waals surface area contributed by atoms with Gasteiger partial charge in [0.1, 0.15) is 0 Å². The summed E-state index contributed by atoms with van der Waals surface area (Å²) in [6.45, 7) is 8.38. The van der Waals surface area contributed by atoms with E-state index in [0.29, 0.717) is 0 Å². The first kappa shape index (κ1) is 18.5.